The summed E-state index contributed by atoms with van der Waals surface area (Å²) in [5.41, 5.74) is 5.02. The highest BCUT2D eigenvalue weighted by Gasteiger charge is 2.16. The molecule has 0 unspecified atom stereocenters. The molecule has 1 aliphatic rings. The summed E-state index contributed by atoms with van der Waals surface area (Å²) in [5, 5.41) is 0.712. The minimum atomic E-state index is 0.685. The first-order valence-corrected chi connectivity index (χ1v) is 10.8. The van der Waals surface area contributed by atoms with Gasteiger partial charge in [0.25, 0.3) is 0 Å². The zero-order valence-corrected chi connectivity index (χ0v) is 18.2. The van der Waals surface area contributed by atoms with Gasteiger partial charge in [-0.2, -0.15) is 0 Å². The molecule has 4 rings (SSSR count). The van der Waals surface area contributed by atoms with Crippen LogP contribution >= 0.6 is 11.6 Å². The summed E-state index contributed by atoms with van der Waals surface area (Å²) >= 11 is 6.17. The van der Waals surface area contributed by atoms with Crippen molar-refractivity contribution in [2.24, 2.45) is 5.92 Å². The van der Waals surface area contributed by atoms with Gasteiger partial charge in [0.2, 0.25) is 5.88 Å². The van der Waals surface area contributed by atoms with Gasteiger partial charge in [-0.3, -0.25) is 0 Å². The Kier molecular flexibility index (Phi) is 6.07. The lowest BCUT2D eigenvalue weighted by molar-refractivity contribution is 0.199. The van der Waals surface area contributed by atoms with E-state index in [9.17, 15) is 0 Å². The molecule has 1 N–H and O–H groups in total. The number of aryl methyl sites for hydroxylation is 2. The SMILES string of the molecule is Cc1cc(OCCCC2CCN(C)CC2)ncc1-c1nc2c(C)cc(Cl)cc2[nH]1. The van der Waals surface area contributed by atoms with Crippen LogP contribution in [0.15, 0.2) is 24.4 Å². The predicted molar refractivity (Wildman–Crippen MR) is 119 cm³/mol. The molecule has 0 aliphatic carbocycles. The van der Waals surface area contributed by atoms with Gasteiger partial charge in [-0.1, -0.05) is 11.6 Å². The smallest absolute Gasteiger partial charge is 0.213 e. The lowest BCUT2D eigenvalue weighted by Gasteiger charge is -2.28. The molecule has 0 amide bonds. The predicted octanol–water partition coefficient (Wildman–Crippen LogP) is 5.40. The number of aromatic amines is 1. The van der Waals surface area contributed by atoms with Crippen molar-refractivity contribution in [3.8, 4) is 17.3 Å². The number of likely N-dealkylation sites (tertiary alicyclic amines) is 1. The van der Waals surface area contributed by atoms with E-state index in [1.165, 1.54) is 32.4 Å². The Morgan fingerprint density at radius 2 is 1.97 bits per heavy atom. The number of halogens is 1. The molecule has 29 heavy (non-hydrogen) atoms. The van der Waals surface area contributed by atoms with Crippen molar-refractivity contribution < 1.29 is 4.74 Å². The first kappa shape index (κ1) is 20.2. The molecule has 3 aromatic rings. The minimum absolute atomic E-state index is 0.685. The molecule has 0 radical (unpaired) electrons. The number of aromatic nitrogens is 3. The van der Waals surface area contributed by atoms with Gasteiger partial charge < -0.3 is 14.6 Å². The van der Waals surface area contributed by atoms with E-state index in [1.807, 2.05) is 31.3 Å². The molecule has 1 saturated heterocycles. The molecule has 3 heterocycles. The molecular weight excluding hydrogens is 384 g/mol. The van der Waals surface area contributed by atoms with Crippen molar-refractivity contribution in [1.82, 2.24) is 19.9 Å². The number of nitrogens with zero attached hydrogens (tertiary/aromatic N) is 3. The van der Waals surface area contributed by atoms with Crippen LogP contribution in [0.1, 0.15) is 36.8 Å². The number of benzene rings is 1. The summed E-state index contributed by atoms with van der Waals surface area (Å²) in [5.74, 6) is 2.34. The van der Waals surface area contributed by atoms with E-state index >= 15 is 0 Å². The Labute approximate surface area is 177 Å². The molecule has 1 fully saturated rings. The third-order valence-electron chi connectivity index (χ3n) is 5.93. The Morgan fingerprint density at radius 1 is 1.17 bits per heavy atom. The van der Waals surface area contributed by atoms with Crippen molar-refractivity contribution in [1.29, 1.82) is 0 Å². The van der Waals surface area contributed by atoms with Crippen LogP contribution in [0.2, 0.25) is 5.02 Å². The highest BCUT2D eigenvalue weighted by Crippen LogP contribution is 2.28. The average Bonchev–Trinajstić information content (AvgIpc) is 3.11. The highest BCUT2D eigenvalue weighted by molar-refractivity contribution is 6.31. The Balaban J connectivity index is 1.37. The van der Waals surface area contributed by atoms with Crippen LogP contribution in [-0.4, -0.2) is 46.6 Å². The van der Waals surface area contributed by atoms with Crippen molar-refractivity contribution in [2.45, 2.75) is 39.5 Å². The number of pyridine rings is 1. The number of fused-ring (bicyclic) bond motifs is 1. The average molecular weight is 413 g/mol. The fourth-order valence-electron chi connectivity index (χ4n) is 4.13. The fourth-order valence-corrected chi connectivity index (χ4v) is 4.40. The Morgan fingerprint density at radius 3 is 2.72 bits per heavy atom. The Hall–Kier alpha value is -2.11. The maximum absolute atomic E-state index is 6.17. The maximum Gasteiger partial charge on any atom is 0.213 e. The van der Waals surface area contributed by atoms with E-state index in [0.717, 1.165) is 52.5 Å². The van der Waals surface area contributed by atoms with E-state index in [2.05, 4.69) is 28.8 Å². The zero-order chi connectivity index (χ0) is 20.4. The van der Waals surface area contributed by atoms with E-state index in [1.54, 1.807) is 0 Å². The van der Waals surface area contributed by atoms with Gasteiger partial charge in [0.05, 0.1) is 17.6 Å². The molecular formula is C23H29ClN4O. The summed E-state index contributed by atoms with van der Waals surface area (Å²) in [6.45, 7) is 7.25. The second-order valence-electron chi connectivity index (χ2n) is 8.28. The molecule has 2 aromatic heterocycles. The standard InChI is InChI=1S/C23H29ClN4O/c1-15-12-21(29-10-4-5-17-6-8-28(3)9-7-17)25-14-19(15)23-26-20-13-18(24)11-16(2)22(20)27-23/h11-14,17H,4-10H2,1-3H3,(H,26,27). The van der Waals surface area contributed by atoms with Crippen LogP contribution in [-0.2, 0) is 0 Å². The number of nitrogens with one attached hydrogen (secondary N) is 1. The molecule has 0 spiro atoms. The van der Waals surface area contributed by atoms with Crippen LogP contribution in [0.25, 0.3) is 22.4 Å². The van der Waals surface area contributed by atoms with E-state index in [-0.39, 0.29) is 0 Å². The van der Waals surface area contributed by atoms with Crippen LogP contribution in [0.4, 0.5) is 0 Å². The number of rotatable bonds is 6. The third-order valence-corrected chi connectivity index (χ3v) is 6.15. The molecule has 0 atom stereocenters. The third kappa shape index (κ3) is 4.73. The molecule has 1 aliphatic heterocycles. The largest absolute Gasteiger partial charge is 0.478 e. The fraction of sp³-hybridized carbons (Fsp3) is 0.478. The molecule has 0 bridgehead atoms. The first-order chi connectivity index (χ1) is 14.0. The Bertz CT molecular complexity index is 992. The lowest BCUT2D eigenvalue weighted by atomic mass is 9.93. The monoisotopic (exact) mass is 412 g/mol. The number of piperidine rings is 1. The quantitative estimate of drug-likeness (QED) is 0.551. The molecule has 6 heteroatoms. The number of hydrogen-bond acceptors (Lipinski definition) is 4. The van der Waals surface area contributed by atoms with Gasteiger partial charge in [0, 0.05) is 22.8 Å². The number of ether oxygens (including phenoxy) is 1. The highest BCUT2D eigenvalue weighted by atomic mass is 35.5. The first-order valence-electron chi connectivity index (χ1n) is 10.4. The summed E-state index contributed by atoms with van der Waals surface area (Å²) in [4.78, 5) is 15.0. The van der Waals surface area contributed by atoms with Crippen LogP contribution < -0.4 is 4.74 Å². The lowest BCUT2D eigenvalue weighted by Crippen LogP contribution is -2.30. The summed E-state index contributed by atoms with van der Waals surface area (Å²) < 4.78 is 5.91. The topological polar surface area (TPSA) is 54.0 Å². The maximum atomic E-state index is 6.17. The molecule has 154 valence electrons. The summed E-state index contributed by atoms with van der Waals surface area (Å²) in [6.07, 6.45) is 6.79. The van der Waals surface area contributed by atoms with Crippen LogP contribution in [0.5, 0.6) is 5.88 Å². The number of H-pyrrole nitrogens is 1. The summed E-state index contributed by atoms with van der Waals surface area (Å²) in [6, 6.07) is 5.84. The second kappa shape index (κ2) is 8.72. The second-order valence-corrected chi connectivity index (χ2v) is 8.72. The van der Waals surface area contributed by atoms with Crippen LogP contribution in [0.3, 0.4) is 0 Å². The molecule has 0 saturated carbocycles. The van der Waals surface area contributed by atoms with Gasteiger partial charge in [-0.25, -0.2) is 9.97 Å². The van der Waals surface area contributed by atoms with Crippen molar-refractivity contribution >= 4 is 22.6 Å². The van der Waals surface area contributed by atoms with Crippen molar-refractivity contribution in [2.75, 3.05) is 26.7 Å². The molecule has 5 nitrogen and oxygen atoms in total. The van der Waals surface area contributed by atoms with Crippen LogP contribution in [0, 0.1) is 19.8 Å². The zero-order valence-electron chi connectivity index (χ0n) is 17.5. The number of imidazole rings is 1. The number of hydrogen-bond donors (Lipinski definition) is 1. The van der Waals surface area contributed by atoms with Crippen molar-refractivity contribution in [3.05, 3.63) is 40.5 Å². The van der Waals surface area contributed by atoms with E-state index in [4.69, 9.17) is 21.3 Å². The summed E-state index contributed by atoms with van der Waals surface area (Å²) in [7, 11) is 2.21. The van der Waals surface area contributed by atoms with Gasteiger partial charge in [-0.05, 0) is 88.8 Å². The van der Waals surface area contributed by atoms with Gasteiger partial charge in [-0.15, -0.1) is 0 Å². The van der Waals surface area contributed by atoms with E-state index < -0.39 is 0 Å². The van der Waals surface area contributed by atoms with Gasteiger partial charge in [0.15, 0.2) is 0 Å². The molecule has 1 aromatic carbocycles. The van der Waals surface area contributed by atoms with Crippen molar-refractivity contribution in [3.63, 3.8) is 0 Å². The van der Waals surface area contributed by atoms with Gasteiger partial charge >= 0.3 is 0 Å². The normalized spacial score (nSPS) is 15.9. The van der Waals surface area contributed by atoms with Gasteiger partial charge in [0.1, 0.15) is 5.82 Å². The minimum Gasteiger partial charge on any atom is -0.478 e. The van der Waals surface area contributed by atoms with E-state index in [0.29, 0.717) is 10.9 Å².